The van der Waals surface area contributed by atoms with Gasteiger partial charge in [0.1, 0.15) is 0 Å². The lowest BCUT2D eigenvalue weighted by Crippen LogP contribution is -2.40. The molecular weight excluding hydrogens is 320 g/mol. The number of benzene rings is 1. The van der Waals surface area contributed by atoms with E-state index in [1.54, 1.807) is 7.11 Å². The molecule has 6 nitrogen and oxygen atoms in total. The maximum Gasteiger partial charge on any atom is 0.231 e. The predicted molar refractivity (Wildman–Crippen MR) is 94.0 cm³/mol. The number of hydrogen-bond donors (Lipinski definition) is 0. The minimum Gasteiger partial charge on any atom is -0.454 e. The Balaban J connectivity index is 1.40. The van der Waals surface area contributed by atoms with Crippen LogP contribution in [0.4, 0.5) is 0 Å². The summed E-state index contributed by atoms with van der Waals surface area (Å²) >= 11 is 0. The molecule has 3 aliphatic rings. The summed E-state index contributed by atoms with van der Waals surface area (Å²) in [6.07, 6.45) is 1.20. The van der Waals surface area contributed by atoms with Crippen LogP contribution in [0.5, 0.6) is 11.5 Å². The van der Waals surface area contributed by atoms with Crippen LogP contribution in [-0.4, -0.2) is 76.2 Å². The molecule has 1 spiro atoms. The lowest BCUT2D eigenvalue weighted by atomic mass is 9.87. The summed E-state index contributed by atoms with van der Waals surface area (Å²) in [4.78, 5) is 5.04. The minimum atomic E-state index is 0.251. The van der Waals surface area contributed by atoms with Gasteiger partial charge in [-0.15, -0.1) is 0 Å². The first kappa shape index (κ1) is 17.1. The second kappa shape index (κ2) is 7.50. The van der Waals surface area contributed by atoms with Gasteiger partial charge >= 0.3 is 0 Å². The third-order valence-electron chi connectivity index (χ3n) is 5.49. The zero-order valence-corrected chi connectivity index (χ0v) is 15.0. The minimum absolute atomic E-state index is 0.251. The number of ether oxygens (including phenoxy) is 4. The van der Waals surface area contributed by atoms with Gasteiger partial charge in [-0.2, -0.15) is 0 Å². The Morgan fingerprint density at radius 3 is 2.92 bits per heavy atom. The van der Waals surface area contributed by atoms with Crippen molar-refractivity contribution in [3.05, 3.63) is 23.8 Å². The van der Waals surface area contributed by atoms with Crippen LogP contribution >= 0.6 is 0 Å². The summed E-state index contributed by atoms with van der Waals surface area (Å²) in [5, 5.41) is 0. The van der Waals surface area contributed by atoms with Gasteiger partial charge in [0.05, 0.1) is 19.8 Å². The summed E-state index contributed by atoms with van der Waals surface area (Å²) in [5.41, 5.74) is 1.52. The summed E-state index contributed by atoms with van der Waals surface area (Å²) < 4.78 is 22.1. The Bertz CT molecular complexity index is 597. The van der Waals surface area contributed by atoms with Crippen molar-refractivity contribution in [2.45, 2.75) is 13.0 Å². The van der Waals surface area contributed by atoms with Crippen LogP contribution in [0.3, 0.4) is 0 Å². The fourth-order valence-corrected chi connectivity index (χ4v) is 4.20. The van der Waals surface area contributed by atoms with E-state index < -0.39 is 0 Å². The molecule has 3 heterocycles. The summed E-state index contributed by atoms with van der Waals surface area (Å²) in [7, 11) is 1.77. The van der Waals surface area contributed by atoms with Crippen molar-refractivity contribution in [2.75, 3.05) is 66.4 Å². The van der Waals surface area contributed by atoms with Crippen LogP contribution in [0.25, 0.3) is 0 Å². The molecule has 0 unspecified atom stereocenters. The Morgan fingerprint density at radius 2 is 2.00 bits per heavy atom. The van der Waals surface area contributed by atoms with E-state index in [-0.39, 0.29) is 5.41 Å². The first-order valence-electron chi connectivity index (χ1n) is 9.16. The molecule has 25 heavy (non-hydrogen) atoms. The number of rotatable bonds is 5. The van der Waals surface area contributed by atoms with Crippen molar-refractivity contribution < 1.29 is 18.9 Å². The third kappa shape index (κ3) is 3.92. The van der Waals surface area contributed by atoms with Crippen LogP contribution in [0.2, 0.25) is 0 Å². The molecule has 0 bridgehead atoms. The van der Waals surface area contributed by atoms with E-state index in [4.69, 9.17) is 18.9 Å². The van der Waals surface area contributed by atoms with E-state index in [0.29, 0.717) is 6.79 Å². The molecule has 6 heteroatoms. The van der Waals surface area contributed by atoms with E-state index in [2.05, 4.69) is 21.9 Å². The number of methoxy groups -OCH3 is 1. The fraction of sp³-hybridized carbons (Fsp3) is 0.684. The lowest BCUT2D eigenvalue weighted by molar-refractivity contribution is 0.0682. The average molecular weight is 348 g/mol. The molecule has 0 saturated carbocycles. The van der Waals surface area contributed by atoms with Gasteiger partial charge in [0.25, 0.3) is 0 Å². The topological polar surface area (TPSA) is 43.4 Å². The quantitative estimate of drug-likeness (QED) is 0.805. The molecular formula is C19H28N2O4. The molecule has 2 fully saturated rings. The van der Waals surface area contributed by atoms with Crippen molar-refractivity contribution >= 4 is 0 Å². The van der Waals surface area contributed by atoms with Gasteiger partial charge in [-0.1, -0.05) is 6.07 Å². The van der Waals surface area contributed by atoms with E-state index in [1.165, 1.54) is 12.0 Å². The smallest absolute Gasteiger partial charge is 0.231 e. The van der Waals surface area contributed by atoms with Gasteiger partial charge in [-0.3, -0.25) is 4.90 Å². The zero-order chi connectivity index (χ0) is 17.1. The predicted octanol–water partition coefficient (Wildman–Crippen LogP) is 1.59. The first-order valence-corrected chi connectivity index (χ1v) is 9.16. The van der Waals surface area contributed by atoms with Crippen LogP contribution in [0.1, 0.15) is 12.0 Å². The zero-order valence-electron chi connectivity index (χ0n) is 15.0. The number of hydrogen-bond acceptors (Lipinski definition) is 6. The van der Waals surface area contributed by atoms with Crippen molar-refractivity contribution in [1.29, 1.82) is 0 Å². The molecule has 0 N–H and O–H groups in total. The highest BCUT2D eigenvalue weighted by atomic mass is 16.7. The average Bonchev–Trinajstić information content (AvgIpc) is 3.18. The van der Waals surface area contributed by atoms with Gasteiger partial charge < -0.3 is 23.8 Å². The molecule has 0 aromatic heterocycles. The molecule has 138 valence electrons. The highest BCUT2D eigenvalue weighted by Crippen LogP contribution is 2.35. The lowest BCUT2D eigenvalue weighted by Gasteiger charge is -2.32. The van der Waals surface area contributed by atoms with E-state index in [0.717, 1.165) is 70.6 Å². The van der Waals surface area contributed by atoms with Crippen molar-refractivity contribution in [1.82, 2.24) is 9.80 Å². The van der Waals surface area contributed by atoms with Gasteiger partial charge in [0.2, 0.25) is 6.79 Å². The normalized spacial score (nSPS) is 27.1. The second-order valence-corrected chi connectivity index (χ2v) is 7.47. The van der Waals surface area contributed by atoms with Gasteiger partial charge in [0, 0.05) is 45.2 Å². The van der Waals surface area contributed by atoms with Crippen molar-refractivity contribution in [2.24, 2.45) is 5.41 Å². The second-order valence-electron chi connectivity index (χ2n) is 7.47. The summed E-state index contributed by atoms with van der Waals surface area (Å²) in [6.45, 7) is 9.07. The molecule has 0 aliphatic carbocycles. The molecule has 3 aliphatic heterocycles. The van der Waals surface area contributed by atoms with Crippen LogP contribution in [0.15, 0.2) is 18.2 Å². The van der Waals surface area contributed by atoms with Gasteiger partial charge in [0.15, 0.2) is 11.5 Å². The van der Waals surface area contributed by atoms with Gasteiger partial charge in [-0.05, 0) is 30.7 Å². The van der Waals surface area contributed by atoms with E-state index in [1.807, 2.05) is 6.07 Å². The molecule has 4 rings (SSSR count). The molecule has 2 saturated heterocycles. The van der Waals surface area contributed by atoms with Crippen LogP contribution in [0, 0.1) is 5.41 Å². The van der Waals surface area contributed by atoms with Gasteiger partial charge in [-0.25, -0.2) is 0 Å². The highest BCUT2D eigenvalue weighted by molar-refractivity contribution is 5.44. The monoisotopic (exact) mass is 348 g/mol. The summed E-state index contributed by atoms with van der Waals surface area (Å²) in [5.74, 6) is 1.72. The third-order valence-corrected chi connectivity index (χ3v) is 5.49. The van der Waals surface area contributed by atoms with Crippen LogP contribution < -0.4 is 9.47 Å². The van der Waals surface area contributed by atoms with Crippen LogP contribution in [-0.2, 0) is 16.0 Å². The molecule has 0 amide bonds. The maximum absolute atomic E-state index is 5.98. The van der Waals surface area contributed by atoms with Crippen molar-refractivity contribution in [3.8, 4) is 11.5 Å². The Morgan fingerprint density at radius 1 is 1.12 bits per heavy atom. The molecule has 0 radical (unpaired) electrons. The molecule has 1 aromatic rings. The Hall–Kier alpha value is -1.34. The summed E-state index contributed by atoms with van der Waals surface area (Å²) in [6, 6.07) is 6.27. The van der Waals surface area contributed by atoms with E-state index in [9.17, 15) is 0 Å². The SMILES string of the molecule is COCCN1CC[C@]2(COCCN(Cc3ccc4c(c3)OCO4)C2)C1. The number of likely N-dealkylation sites (tertiary alicyclic amines) is 1. The first-order chi connectivity index (χ1) is 12.3. The number of nitrogens with zero attached hydrogens (tertiary/aromatic N) is 2. The Kier molecular flexibility index (Phi) is 5.12. The highest BCUT2D eigenvalue weighted by Gasteiger charge is 2.40. The fourth-order valence-electron chi connectivity index (χ4n) is 4.20. The molecule has 1 aromatic carbocycles. The largest absolute Gasteiger partial charge is 0.454 e. The molecule has 1 atom stereocenters. The Labute approximate surface area is 149 Å². The standard InChI is InChI=1S/C19H28N2O4/c1-22-8-6-20-5-4-19(12-20)13-21(7-9-23-14-19)11-16-2-3-17-18(10-16)25-15-24-17/h2-3,10H,4-9,11-15H2,1H3/t19-/m0/s1. The van der Waals surface area contributed by atoms with E-state index >= 15 is 0 Å². The number of fused-ring (bicyclic) bond motifs is 1. The van der Waals surface area contributed by atoms with Crippen molar-refractivity contribution in [3.63, 3.8) is 0 Å². The maximum atomic E-state index is 5.98.